The SMILES string of the molecule is C=CS(=O)(=O)N(Cc1ccc(C(=O)OC)cc1)c1ccccc1.COC(=O)c1ccc(CN(c2ccccc2)S(=O)(=O)CCN2CCCC(O)C2)cc1. The molecule has 53 heavy (non-hydrogen) atoms. The first-order valence-corrected chi connectivity index (χ1v) is 20.0. The number of para-hydroxylation sites is 2. The molecular formula is C39H45N3O9S2. The Morgan fingerprint density at radius 2 is 1.21 bits per heavy atom. The van der Waals surface area contributed by atoms with Crippen molar-refractivity contribution in [2.75, 3.05) is 48.2 Å². The zero-order valence-electron chi connectivity index (χ0n) is 29.8. The Labute approximate surface area is 312 Å². The largest absolute Gasteiger partial charge is 0.465 e. The number of hydrogen-bond donors (Lipinski definition) is 1. The van der Waals surface area contributed by atoms with Crippen LogP contribution in [0.25, 0.3) is 0 Å². The number of carbonyl (C=O) groups is 2. The van der Waals surface area contributed by atoms with E-state index in [-0.39, 0.29) is 24.9 Å². The van der Waals surface area contributed by atoms with E-state index in [9.17, 15) is 31.5 Å². The number of ether oxygens (including phenoxy) is 2. The van der Waals surface area contributed by atoms with Gasteiger partial charge >= 0.3 is 11.9 Å². The standard InChI is InChI=1S/C22H28N2O5S.C17H17NO4S/c1-29-22(26)19-11-9-18(10-12-19)16-24(20-6-3-2-4-7-20)30(27,28)15-14-23-13-5-8-21(25)17-23;1-3-23(20,21)18(16-7-5-4-6-8-16)13-14-9-11-15(12-10-14)17(19)22-2/h2-4,6-7,9-12,21,25H,5,8,13-17H2,1H3;3-12H,1,13H2,2H3. The van der Waals surface area contributed by atoms with Crippen LogP contribution in [0.5, 0.6) is 0 Å². The van der Waals surface area contributed by atoms with Gasteiger partial charge in [0.15, 0.2) is 0 Å². The minimum Gasteiger partial charge on any atom is -0.465 e. The number of likely N-dealkylation sites (tertiary alicyclic amines) is 1. The summed E-state index contributed by atoms with van der Waals surface area (Å²) in [6.45, 7) is 5.37. The molecule has 0 radical (unpaired) electrons. The molecule has 0 spiro atoms. The van der Waals surface area contributed by atoms with Gasteiger partial charge in [-0.25, -0.2) is 26.4 Å². The summed E-state index contributed by atoms with van der Waals surface area (Å²) in [7, 11) is -4.61. The Hall–Kier alpha value is -5.02. The number of methoxy groups -OCH3 is 2. The number of hydrogen-bond acceptors (Lipinski definition) is 10. The fraction of sp³-hybridized carbons (Fsp3) is 0.282. The first kappa shape index (κ1) is 40.7. The van der Waals surface area contributed by atoms with Gasteiger partial charge in [0.2, 0.25) is 10.0 Å². The number of nitrogens with zero attached hydrogens (tertiary/aromatic N) is 3. The predicted molar refractivity (Wildman–Crippen MR) is 205 cm³/mol. The van der Waals surface area contributed by atoms with E-state index in [1.165, 1.54) is 22.8 Å². The molecule has 4 aromatic carbocycles. The van der Waals surface area contributed by atoms with Gasteiger partial charge in [-0.1, -0.05) is 67.2 Å². The lowest BCUT2D eigenvalue weighted by Crippen LogP contribution is -2.43. The van der Waals surface area contributed by atoms with Crippen molar-refractivity contribution in [3.05, 3.63) is 143 Å². The third-order valence-corrected chi connectivity index (χ3v) is 11.6. The molecular weight excluding hydrogens is 719 g/mol. The molecule has 0 amide bonds. The summed E-state index contributed by atoms with van der Waals surface area (Å²) in [4.78, 5) is 25.1. The summed E-state index contributed by atoms with van der Waals surface area (Å²) in [5, 5.41) is 10.8. The van der Waals surface area contributed by atoms with Crippen molar-refractivity contribution in [2.45, 2.75) is 32.0 Å². The maximum Gasteiger partial charge on any atom is 0.337 e. The fourth-order valence-electron chi connectivity index (χ4n) is 5.61. The first-order chi connectivity index (χ1) is 25.4. The van der Waals surface area contributed by atoms with Crippen LogP contribution in [0.15, 0.2) is 121 Å². The molecule has 1 heterocycles. The molecule has 1 aliphatic heterocycles. The van der Waals surface area contributed by atoms with Gasteiger partial charge in [0.05, 0.1) is 61.7 Å². The number of aliphatic hydroxyl groups is 1. The van der Waals surface area contributed by atoms with Crippen molar-refractivity contribution in [3.63, 3.8) is 0 Å². The van der Waals surface area contributed by atoms with Crippen molar-refractivity contribution >= 4 is 43.4 Å². The van der Waals surface area contributed by atoms with Crippen molar-refractivity contribution < 1.29 is 41.0 Å². The number of piperidine rings is 1. The van der Waals surface area contributed by atoms with Crippen molar-refractivity contribution in [2.24, 2.45) is 0 Å². The minimum atomic E-state index is -3.64. The molecule has 1 atom stereocenters. The number of benzene rings is 4. The van der Waals surface area contributed by atoms with Crippen LogP contribution in [0.3, 0.4) is 0 Å². The third kappa shape index (κ3) is 11.7. The van der Waals surface area contributed by atoms with E-state index >= 15 is 0 Å². The monoisotopic (exact) mass is 763 g/mol. The smallest absolute Gasteiger partial charge is 0.337 e. The van der Waals surface area contributed by atoms with Crippen molar-refractivity contribution in [1.29, 1.82) is 0 Å². The third-order valence-electron chi connectivity index (χ3n) is 8.49. The van der Waals surface area contributed by atoms with Gasteiger partial charge in [-0.3, -0.25) is 13.5 Å². The minimum absolute atomic E-state index is 0.0329. The summed E-state index contributed by atoms with van der Waals surface area (Å²) in [5.41, 5.74) is 3.47. The Bertz CT molecular complexity index is 2010. The molecule has 1 aliphatic rings. The van der Waals surface area contributed by atoms with Crippen molar-refractivity contribution in [1.82, 2.24) is 4.90 Å². The van der Waals surface area contributed by atoms with Crippen LogP contribution >= 0.6 is 0 Å². The van der Waals surface area contributed by atoms with Gasteiger partial charge < -0.3 is 14.6 Å². The molecule has 14 heteroatoms. The zero-order chi connectivity index (χ0) is 38.4. The quantitative estimate of drug-likeness (QED) is 0.170. The second kappa shape index (κ2) is 19.2. The first-order valence-electron chi connectivity index (χ1n) is 16.9. The van der Waals surface area contributed by atoms with E-state index < -0.39 is 32.0 Å². The lowest BCUT2D eigenvalue weighted by atomic mass is 10.1. The highest BCUT2D eigenvalue weighted by Gasteiger charge is 2.26. The van der Waals surface area contributed by atoms with Crippen LogP contribution in [0.4, 0.5) is 11.4 Å². The summed E-state index contributed by atoms with van der Waals surface area (Å²) >= 11 is 0. The lowest BCUT2D eigenvalue weighted by molar-refractivity contribution is 0.0592. The number of anilines is 2. The fourth-order valence-corrected chi connectivity index (χ4v) is 8.03. The van der Waals surface area contributed by atoms with E-state index in [1.807, 2.05) is 17.0 Å². The predicted octanol–water partition coefficient (Wildman–Crippen LogP) is 5.22. The van der Waals surface area contributed by atoms with E-state index in [2.05, 4.69) is 11.3 Å². The van der Waals surface area contributed by atoms with Gasteiger partial charge in [0.1, 0.15) is 0 Å². The molecule has 12 nitrogen and oxygen atoms in total. The molecule has 1 N–H and O–H groups in total. The normalized spacial score (nSPS) is 14.6. The molecule has 1 fully saturated rings. The zero-order valence-corrected chi connectivity index (χ0v) is 31.4. The van der Waals surface area contributed by atoms with Gasteiger partial charge in [-0.05, 0) is 79.0 Å². The average molecular weight is 764 g/mol. The van der Waals surface area contributed by atoms with Crippen LogP contribution in [-0.2, 0) is 42.6 Å². The molecule has 0 aliphatic carbocycles. The second-order valence-electron chi connectivity index (χ2n) is 12.2. The number of β-amino-alcohol motifs (C(OH)–C–C–N with tert-alkyl or cyclic N) is 1. The van der Waals surface area contributed by atoms with E-state index in [0.717, 1.165) is 35.9 Å². The van der Waals surface area contributed by atoms with Crippen LogP contribution in [0.1, 0.15) is 44.7 Å². The second-order valence-corrected chi connectivity index (χ2v) is 16.0. The molecule has 282 valence electrons. The number of esters is 2. The van der Waals surface area contributed by atoms with Gasteiger partial charge in [0.25, 0.3) is 10.0 Å². The van der Waals surface area contributed by atoms with Crippen LogP contribution < -0.4 is 8.61 Å². The number of aliphatic hydroxyl groups excluding tert-OH is 1. The van der Waals surface area contributed by atoms with Gasteiger partial charge in [0, 0.05) is 18.5 Å². The van der Waals surface area contributed by atoms with Crippen LogP contribution in [-0.4, -0.2) is 84.5 Å². The molecule has 1 saturated heterocycles. The van der Waals surface area contributed by atoms with Gasteiger partial charge in [-0.15, -0.1) is 0 Å². The Kier molecular flexibility index (Phi) is 14.7. The molecule has 0 bridgehead atoms. The molecule has 0 saturated carbocycles. The highest BCUT2D eigenvalue weighted by molar-refractivity contribution is 7.95. The number of sulfonamides is 2. The molecule has 5 rings (SSSR count). The highest BCUT2D eigenvalue weighted by Crippen LogP contribution is 2.23. The summed E-state index contributed by atoms with van der Waals surface area (Å²) in [6, 6.07) is 31.1. The summed E-state index contributed by atoms with van der Waals surface area (Å²) < 4.78 is 63.0. The highest BCUT2D eigenvalue weighted by atomic mass is 32.2. The topological polar surface area (TPSA) is 151 Å². The van der Waals surface area contributed by atoms with Gasteiger partial charge in [-0.2, -0.15) is 0 Å². The molecule has 4 aromatic rings. The Morgan fingerprint density at radius 3 is 1.64 bits per heavy atom. The van der Waals surface area contributed by atoms with Crippen LogP contribution in [0, 0.1) is 0 Å². The van der Waals surface area contributed by atoms with Crippen LogP contribution in [0.2, 0.25) is 0 Å². The summed E-state index contributed by atoms with van der Waals surface area (Å²) in [5.74, 6) is -0.900. The summed E-state index contributed by atoms with van der Waals surface area (Å²) in [6.07, 6.45) is 1.25. The van der Waals surface area contributed by atoms with E-state index in [1.54, 1.807) is 97.1 Å². The molecule has 1 unspecified atom stereocenters. The maximum absolute atomic E-state index is 13.2. The van der Waals surface area contributed by atoms with Crippen molar-refractivity contribution in [3.8, 4) is 0 Å². The number of carbonyl (C=O) groups excluding carboxylic acids is 2. The Morgan fingerprint density at radius 1 is 0.755 bits per heavy atom. The Balaban J connectivity index is 0.000000245. The maximum atomic E-state index is 13.2. The number of rotatable bonds is 14. The van der Waals surface area contributed by atoms with E-state index in [4.69, 9.17) is 4.74 Å². The lowest BCUT2D eigenvalue weighted by Gasteiger charge is -2.31. The average Bonchev–Trinajstić information content (AvgIpc) is 3.19. The molecule has 0 aromatic heterocycles. The van der Waals surface area contributed by atoms with E-state index in [0.29, 0.717) is 35.6 Å².